The lowest BCUT2D eigenvalue weighted by molar-refractivity contribution is 0.0624. The Bertz CT molecular complexity index is 333. The van der Waals surface area contributed by atoms with Crippen molar-refractivity contribution >= 4 is 0 Å². The summed E-state index contributed by atoms with van der Waals surface area (Å²) >= 11 is 0. The Morgan fingerprint density at radius 3 is 2.06 bits per heavy atom. The van der Waals surface area contributed by atoms with Gasteiger partial charge in [0, 0.05) is 0 Å². The van der Waals surface area contributed by atoms with Crippen molar-refractivity contribution < 1.29 is 13.5 Å². The quantitative estimate of drug-likeness (QED) is 0.861. The molecule has 16 heavy (non-hydrogen) atoms. The van der Waals surface area contributed by atoms with Gasteiger partial charge in [-0.05, 0) is 38.5 Å². The number of hydrogen-bond acceptors (Lipinski definition) is 2. The van der Waals surface area contributed by atoms with Crippen LogP contribution in [0.2, 0.25) is 0 Å². The molecule has 0 bridgehead atoms. The van der Waals surface area contributed by atoms with E-state index < -0.39 is 12.0 Å². The zero-order chi connectivity index (χ0) is 12.3. The first-order valence-electron chi connectivity index (χ1n) is 5.18. The largest absolute Gasteiger partial charge is 0.491 e. The Morgan fingerprint density at radius 2 is 1.69 bits per heavy atom. The minimum atomic E-state index is -2.59. The SMILES string of the molecule is CC(C)Oc1ccc(C(C)(N)C(F)F)cc1. The molecule has 0 saturated carbocycles. The van der Waals surface area contributed by atoms with E-state index in [0.29, 0.717) is 11.3 Å². The summed E-state index contributed by atoms with van der Waals surface area (Å²) in [6.45, 7) is 5.12. The van der Waals surface area contributed by atoms with Crippen LogP contribution in [-0.4, -0.2) is 12.5 Å². The van der Waals surface area contributed by atoms with E-state index in [9.17, 15) is 8.78 Å². The highest BCUT2D eigenvalue weighted by Gasteiger charge is 2.32. The molecule has 0 radical (unpaired) electrons. The summed E-state index contributed by atoms with van der Waals surface area (Å²) in [5.41, 5.74) is 4.33. The van der Waals surface area contributed by atoms with E-state index in [2.05, 4.69) is 0 Å². The number of rotatable bonds is 4. The molecule has 0 spiro atoms. The Balaban J connectivity index is 2.86. The summed E-state index contributed by atoms with van der Waals surface area (Å²) in [5, 5.41) is 0. The van der Waals surface area contributed by atoms with E-state index in [1.165, 1.54) is 6.92 Å². The average molecular weight is 229 g/mol. The Hall–Kier alpha value is -1.16. The number of alkyl halides is 2. The summed E-state index contributed by atoms with van der Waals surface area (Å²) in [6.07, 6.45) is -2.53. The lowest BCUT2D eigenvalue weighted by atomic mass is 9.94. The van der Waals surface area contributed by atoms with Crippen molar-refractivity contribution in [3.05, 3.63) is 29.8 Å². The summed E-state index contributed by atoms with van der Waals surface area (Å²) < 4.78 is 30.7. The van der Waals surface area contributed by atoms with Crippen LogP contribution in [0.1, 0.15) is 26.3 Å². The fourth-order valence-corrected chi connectivity index (χ4v) is 1.29. The van der Waals surface area contributed by atoms with E-state index >= 15 is 0 Å². The first-order valence-corrected chi connectivity index (χ1v) is 5.18. The van der Waals surface area contributed by atoms with Crippen molar-refractivity contribution in [3.8, 4) is 5.75 Å². The Labute approximate surface area is 94.4 Å². The molecule has 0 fully saturated rings. The van der Waals surface area contributed by atoms with Crippen LogP contribution in [0.25, 0.3) is 0 Å². The second kappa shape index (κ2) is 4.78. The van der Waals surface area contributed by atoms with E-state index in [4.69, 9.17) is 10.5 Å². The highest BCUT2D eigenvalue weighted by molar-refractivity contribution is 5.31. The maximum absolute atomic E-state index is 12.7. The van der Waals surface area contributed by atoms with Crippen LogP contribution in [0.3, 0.4) is 0 Å². The van der Waals surface area contributed by atoms with Crippen molar-refractivity contribution in [1.82, 2.24) is 0 Å². The predicted molar refractivity (Wildman–Crippen MR) is 59.7 cm³/mol. The van der Waals surface area contributed by atoms with Crippen molar-refractivity contribution in [1.29, 1.82) is 0 Å². The third-order valence-corrected chi connectivity index (χ3v) is 2.30. The highest BCUT2D eigenvalue weighted by Crippen LogP contribution is 2.26. The van der Waals surface area contributed by atoms with Gasteiger partial charge >= 0.3 is 0 Å². The number of hydrogen-bond donors (Lipinski definition) is 1. The highest BCUT2D eigenvalue weighted by atomic mass is 19.3. The molecular formula is C12H17F2NO. The second-order valence-corrected chi connectivity index (χ2v) is 4.27. The van der Waals surface area contributed by atoms with Gasteiger partial charge in [-0.1, -0.05) is 12.1 Å². The topological polar surface area (TPSA) is 35.2 Å². The van der Waals surface area contributed by atoms with Crippen LogP contribution < -0.4 is 10.5 Å². The number of halogens is 2. The molecule has 1 aromatic rings. The Kier molecular flexibility index (Phi) is 3.86. The van der Waals surface area contributed by atoms with Crippen LogP contribution in [0.4, 0.5) is 8.78 Å². The van der Waals surface area contributed by atoms with Gasteiger partial charge in [-0.3, -0.25) is 0 Å². The summed E-state index contributed by atoms with van der Waals surface area (Å²) in [6, 6.07) is 6.46. The molecule has 1 aromatic carbocycles. The fraction of sp³-hybridized carbons (Fsp3) is 0.500. The molecule has 0 aliphatic carbocycles. The van der Waals surface area contributed by atoms with Gasteiger partial charge in [0.25, 0.3) is 6.43 Å². The molecule has 0 saturated heterocycles. The van der Waals surface area contributed by atoms with Gasteiger partial charge in [0.1, 0.15) is 5.75 Å². The van der Waals surface area contributed by atoms with Gasteiger partial charge in [-0.2, -0.15) is 0 Å². The zero-order valence-corrected chi connectivity index (χ0v) is 9.71. The Morgan fingerprint density at radius 1 is 1.19 bits per heavy atom. The third-order valence-electron chi connectivity index (χ3n) is 2.30. The van der Waals surface area contributed by atoms with Gasteiger partial charge in [0.15, 0.2) is 0 Å². The normalized spacial score (nSPS) is 15.2. The molecule has 4 heteroatoms. The lowest BCUT2D eigenvalue weighted by Crippen LogP contribution is -2.40. The number of benzene rings is 1. The van der Waals surface area contributed by atoms with Gasteiger partial charge in [0.2, 0.25) is 0 Å². The van der Waals surface area contributed by atoms with E-state index in [0.717, 1.165) is 0 Å². The van der Waals surface area contributed by atoms with Crippen molar-refractivity contribution in [3.63, 3.8) is 0 Å². The molecule has 0 aromatic heterocycles. The summed E-state index contributed by atoms with van der Waals surface area (Å²) in [5.74, 6) is 0.656. The molecule has 0 heterocycles. The maximum atomic E-state index is 12.7. The standard InChI is InChI=1S/C12H17F2NO/c1-8(2)16-10-6-4-9(5-7-10)12(3,15)11(13)14/h4-8,11H,15H2,1-3H3. The summed E-state index contributed by atoms with van der Waals surface area (Å²) in [4.78, 5) is 0. The van der Waals surface area contributed by atoms with Crippen molar-refractivity contribution in [2.75, 3.05) is 0 Å². The van der Waals surface area contributed by atoms with Crippen LogP contribution in [0, 0.1) is 0 Å². The third kappa shape index (κ3) is 2.92. The smallest absolute Gasteiger partial charge is 0.260 e. The van der Waals surface area contributed by atoms with Gasteiger partial charge < -0.3 is 10.5 Å². The zero-order valence-electron chi connectivity index (χ0n) is 9.71. The van der Waals surface area contributed by atoms with Crippen molar-refractivity contribution in [2.24, 2.45) is 5.73 Å². The van der Waals surface area contributed by atoms with Crippen LogP contribution in [-0.2, 0) is 5.54 Å². The molecule has 0 aliphatic rings. The first kappa shape index (κ1) is 12.9. The van der Waals surface area contributed by atoms with E-state index in [-0.39, 0.29) is 6.10 Å². The molecule has 2 N–H and O–H groups in total. The minimum absolute atomic E-state index is 0.0604. The number of ether oxygens (including phenoxy) is 1. The molecule has 90 valence electrons. The monoisotopic (exact) mass is 229 g/mol. The van der Waals surface area contributed by atoms with E-state index in [1.54, 1.807) is 24.3 Å². The van der Waals surface area contributed by atoms with E-state index in [1.807, 2.05) is 13.8 Å². The molecule has 0 amide bonds. The number of nitrogens with two attached hydrogens (primary N) is 1. The van der Waals surface area contributed by atoms with Gasteiger partial charge in [-0.25, -0.2) is 8.78 Å². The predicted octanol–water partition coefficient (Wildman–Crippen LogP) is 2.91. The van der Waals surface area contributed by atoms with Gasteiger partial charge in [-0.15, -0.1) is 0 Å². The maximum Gasteiger partial charge on any atom is 0.260 e. The summed E-state index contributed by atoms with van der Waals surface area (Å²) in [7, 11) is 0. The van der Waals surface area contributed by atoms with Gasteiger partial charge in [0.05, 0.1) is 11.6 Å². The fourth-order valence-electron chi connectivity index (χ4n) is 1.29. The molecule has 0 aliphatic heterocycles. The second-order valence-electron chi connectivity index (χ2n) is 4.27. The molecule has 2 nitrogen and oxygen atoms in total. The van der Waals surface area contributed by atoms with Crippen LogP contribution in [0.5, 0.6) is 5.75 Å². The molecule has 1 unspecified atom stereocenters. The van der Waals surface area contributed by atoms with Crippen LogP contribution >= 0.6 is 0 Å². The lowest BCUT2D eigenvalue weighted by Gasteiger charge is -2.24. The minimum Gasteiger partial charge on any atom is -0.491 e. The molecule has 1 atom stereocenters. The molecule has 1 rings (SSSR count). The van der Waals surface area contributed by atoms with Crippen molar-refractivity contribution in [2.45, 2.75) is 38.8 Å². The average Bonchev–Trinajstić information content (AvgIpc) is 2.17. The first-order chi connectivity index (χ1) is 7.34. The van der Waals surface area contributed by atoms with Crippen LogP contribution in [0.15, 0.2) is 24.3 Å². The molecular weight excluding hydrogens is 212 g/mol.